The van der Waals surface area contributed by atoms with Crippen molar-refractivity contribution in [3.05, 3.63) is 36.5 Å². The summed E-state index contributed by atoms with van der Waals surface area (Å²) in [4.78, 5) is 12.3. The first-order valence-electron chi connectivity index (χ1n) is 20.7. The second-order valence-electron chi connectivity index (χ2n) is 14.0. The molecule has 4 nitrogen and oxygen atoms in total. The number of allylic oxidation sites excluding steroid dienone is 5. The molecule has 47 heavy (non-hydrogen) atoms. The maximum Gasteiger partial charge on any atom is 0.220 e. The highest BCUT2D eigenvalue weighted by Gasteiger charge is 2.17. The highest BCUT2D eigenvalue weighted by atomic mass is 16.3. The molecule has 0 aliphatic carbocycles. The van der Waals surface area contributed by atoms with Crippen LogP contribution in [-0.4, -0.2) is 34.9 Å². The molecule has 0 aromatic carbocycles. The summed E-state index contributed by atoms with van der Waals surface area (Å²) >= 11 is 0. The number of aliphatic hydroxyl groups is 2. The monoisotopic (exact) mass is 660 g/mol. The quantitative estimate of drug-likeness (QED) is 0.0459. The van der Waals surface area contributed by atoms with E-state index >= 15 is 0 Å². The molecule has 0 bridgehead atoms. The van der Waals surface area contributed by atoms with Gasteiger partial charge in [0.1, 0.15) is 0 Å². The van der Waals surface area contributed by atoms with Crippen LogP contribution in [0.1, 0.15) is 213 Å². The van der Waals surface area contributed by atoms with Crippen LogP contribution in [0.25, 0.3) is 0 Å². The first-order valence-corrected chi connectivity index (χ1v) is 20.7. The number of hydrogen-bond acceptors (Lipinski definition) is 3. The van der Waals surface area contributed by atoms with Crippen LogP contribution in [0.2, 0.25) is 0 Å². The molecule has 0 rings (SSSR count). The standard InChI is InChI=1S/C43H81NO3/c1-3-5-7-9-11-13-15-16-17-18-19-20-21-22-23-24-25-26-27-28-29-31-33-35-37-39-43(47)44-41(40-45)42(46)38-36-34-32-30-14-12-10-8-6-4-2/h14,18-19,30,36,38,41-42,45-46H,3-13,15-17,20-29,31-35,37,39-40H2,1-2H3,(H,44,47)/b19-18-,30-14+,38-36+. The van der Waals surface area contributed by atoms with Crippen LogP contribution in [0.4, 0.5) is 0 Å². The molecule has 0 aliphatic rings. The zero-order valence-corrected chi connectivity index (χ0v) is 31.5. The fourth-order valence-electron chi connectivity index (χ4n) is 6.13. The SMILES string of the molecule is CCCCCC/C=C/CC/C=C/C(O)C(CO)NC(=O)CCCCCCCCCCCCCCC/C=C\CCCCCCCCCC. The molecule has 0 spiro atoms. The van der Waals surface area contributed by atoms with E-state index in [-0.39, 0.29) is 12.5 Å². The lowest BCUT2D eigenvalue weighted by molar-refractivity contribution is -0.123. The van der Waals surface area contributed by atoms with E-state index in [0.29, 0.717) is 6.42 Å². The number of carbonyl (C=O) groups excluding carboxylic acids is 1. The van der Waals surface area contributed by atoms with E-state index in [4.69, 9.17) is 0 Å². The van der Waals surface area contributed by atoms with Gasteiger partial charge in [-0.05, 0) is 57.8 Å². The van der Waals surface area contributed by atoms with E-state index in [1.54, 1.807) is 6.08 Å². The Labute approximate surface area is 293 Å². The van der Waals surface area contributed by atoms with Gasteiger partial charge in [-0.15, -0.1) is 0 Å². The number of amides is 1. The number of aliphatic hydroxyl groups excluding tert-OH is 2. The number of rotatable bonds is 37. The summed E-state index contributed by atoms with van der Waals surface area (Å²) in [5.41, 5.74) is 0. The lowest BCUT2D eigenvalue weighted by atomic mass is 10.0. The molecule has 2 atom stereocenters. The molecule has 0 fully saturated rings. The maximum absolute atomic E-state index is 12.3. The van der Waals surface area contributed by atoms with Crippen LogP contribution >= 0.6 is 0 Å². The number of nitrogens with one attached hydrogen (secondary N) is 1. The third-order valence-corrected chi connectivity index (χ3v) is 9.35. The van der Waals surface area contributed by atoms with Crippen LogP contribution in [0.15, 0.2) is 36.5 Å². The average molecular weight is 660 g/mol. The summed E-state index contributed by atoms with van der Waals surface area (Å²) in [5.74, 6) is -0.0759. The minimum Gasteiger partial charge on any atom is -0.394 e. The van der Waals surface area contributed by atoms with Crippen molar-refractivity contribution in [1.82, 2.24) is 5.32 Å². The second kappa shape index (κ2) is 39.1. The van der Waals surface area contributed by atoms with Crippen molar-refractivity contribution in [3.8, 4) is 0 Å². The molecule has 3 N–H and O–H groups in total. The highest BCUT2D eigenvalue weighted by Crippen LogP contribution is 2.14. The molecule has 4 heteroatoms. The van der Waals surface area contributed by atoms with Gasteiger partial charge in [-0.2, -0.15) is 0 Å². The van der Waals surface area contributed by atoms with Crippen molar-refractivity contribution >= 4 is 5.91 Å². The van der Waals surface area contributed by atoms with Gasteiger partial charge < -0.3 is 15.5 Å². The number of unbranched alkanes of at least 4 members (excludes halogenated alkanes) is 26. The Morgan fingerprint density at radius 3 is 1.26 bits per heavy atom. The van der Waals surface area contributed by atoms with E-state index in [1.807, 2.05) is 6.08 Å². The Kier molecular flexibility index (Phi) is 37.9. The molecule has 0 saturated heterocycles. The summed E-state index contributed by atoms with van der Waals surface area (Å²) in [5, 5.41) is 22.8. The van der Waals surface area contributed by atoms with Crippen molar-refractivity contribution in [2.75, 3.05) is 6.61 Å². The lowest BCUT2D eigenvalue weighted by Gasteiger charge is -2.19. The zero-order chi connectivity index (χ0) is 34.3. The fraction of sp³-hybridized carbons (Fsp3) is 0.837. The molecule has 0 aromatic rings. The van der Waals surface area contributed by atoms with Gasteiger partial charge in [-0.3, -0.25) is 4.79 Å². The minimum absolute atomic E-state index is 0.0759. The van der Waals surface area contributed by atoms with Crippen LogP contribution in [0.3, 0.4) is 0 Å². The third-order valence-electron chi connectivity index (χ3n) is 9.35. The first kappa shape index (κ1) is 45.6. The molecular weight excluding hydrogens is 578 g/mol. The zero-order valence-electron chi connectivity index (χ0n) is 31.5. The Bertz CT molecular complexity index is 716. The van der Waals surface area contributed by atoms with Crippen molar-refractivity contribution in [1.29, 1.82) is 0 Å². The van der Waals surface area contributed by atoms with Gasteiger partial charge in [0.2, 0.25) is 5.91 Å². The molecule has 276 valence electrons. The second-order valence-corrected chi connectivity index (χ2v) is 14.0. The number of hydrogen-bond donors (Lipinski definition) is 3. The predicted molar refractivity (Wildman–Crippen MR) is 207 cm³/mol. The van der Waals surface area contributed by atoms with Crippen LogP contribution in [0.5, 0.6) is 0 Å². The van der Waals surface area contributed by atoms with Crippen LogP contribution < -0.4 is 5.32 Å². The fourth-order valence-corrected chi connectivity index (χ4v) is 6.13. The molecule has 0 saturated carbocycles. The van der Waals surface area contributed by atoms with Crippen molar-refractivity contribution in [3.63, 3.8) is 0 Å². The van der Waals surface area contributed by atoms with Gasteiger partial charge in [0.05, 0.1) is 18.8 Å². The van der Waals surface area contributed by atoms with Crippen molar-refractivity contribution in [2.24, 2.45) is 0 Å². The van der Waals surface area contributed by atoms with E-state index in [1.165, 1.54) is 161 Å². The van der Waals surface area contributed by atoms with Gasteiger partial charge >= 0.3 is 0 Å². The lowest BCUT2D eigenvalue weighted by Crippen LogP contribution is -2.45. The Morgan fingerprint density at radius 2 is 0.830 bits per heavy atom. The summed E-state index contributed by atoms with van der Waals surface area (Å²) in [6.45, 7) is 4.26. The molecular formula is C43H81NO3. The molecule has 0 heterocycles. The molecule has 2 unspecified atom stereocenters. The van der Waals surface area contributed by atoms with Gasteiger partial charge in [0.25, 0.3) is 0 Å². The molecule has 0 aromatic heterocycles. The normalized spacial score (nSPS) is 13.4. The van der Waals surface area contributed by atoms with Crippen molar-refractivity contribution in [2.45, 2.75) is 225 Å². The van der Waals surface area contributed by atoms with Crippen LogP contribution in [0, 0.1) is 0 Å². The largest absolute Gasteiger partial charge is 0.394 e. The minimum atomic E-state index is -0.858. The van der Waals surface area contributed by atoms with Gasteiger partial charge in [0.15, 0.2) is 0 Å². The summed E-state index contributed by atoms with van der Waals surface area (Å²) in [7, 11) is 0. The Balaban J connectivity index is 3.51. The molecule has 0 aliphatic heterocycles. The van der Waals surface area contributed by atoms with Gasteiger partial charge in [0, 0.05) is 6.42 Å². The Hall–Kier alpha value is -1.39. The first-order chi connectivity index (χ1) is 23.2. The number of carbonyl (C=O) groups is 1. The molecule has 0 radical (unpaired) electrons. The van der Waals surface area contributed by atoms with E-state index < -0.39 is 12.1 Å². The summed E-state index contributed by atoms with van der Waals surface area (Å²) in [6.07, 6.45) is 51.1. The van der Waals surface area contributed by atoms with E-state index in [9.17, 15) is 15.0 Å². The summed E-state index contributed by atoms with van der Waals surface area (Å²) < 4.78 is 0. The third kappa shape index (κ3) is 35.7. The van der Waals surface area contributed by atoms with E-state index in [0.717, 1.165) is 32.1 Å². The van der Waals surface area contributed by atoms with Crippen LogP contribution in [-0.2, 0) is 4.79 Å². The topological polar surface area (TPSA) is 69.6 Å². The van der Waals surface area contributed by atoms with Gasteiger partial charge in [-0.25, -0.2) is 0 Å². The Morgan fingerprint density at radius 1 is 0.489 bits per heavy atom. The van der Waals surface area contributed by atoms with Gasteiger partial charge in [-0.1, -0.05) is 185 Å². The average Bonchev–Trinajstić information content (AvgIpc) is 3.07. The van der Waals surface area contributed by atoms with E-state index in [2.05, 4.69) is 43.5 Å². The summed E-state index contributed by atoms with van der Waals surface area (Å²) in [6, 6.07) is -0.635. The highest BCUT2D eigenvalue weighted by molar-refractivity contribution is 5.76. The maximum atomic E-state index is 12.3. The molecule has 1 amide bonds. The smallest absolute Gasteiger partial charge is 0.220 e. The van der Waals surface area contributed by atoms with Crippen molar-refractivity contribution < 1.29 is 15.0 Å². The predicted octanol–water partition coefficient (Wildman–Crippen LogP) is 12.6.